The molecule has 3 rings (SSSR count). The first-order valence-electron chi connectivity index (χ1n) is 6.49. The highest BCUT2D eigenvalue weighted by molar-refractivity contribution is 5.44. The summed E-state index contributed by atoms with van der Waals surface area (Å²) in [6.45, 7) is 2.60. The van der Waals surface area contributed by atoms with E-state index in [1.807, 2.05) is 0 Å². The monoisotopic (exact) mass is 216 g/mol. The first-order valence-corrected chi connectivity index (χ1v) is 6.49. The summed E-state index contributed by atoms with van der Waals surface area (Å²) >= 11 is 0. The molecule has 0 saturated carbocycles. The number of piperidine rings is 1. The largest absolute Gasteiger partial charge is 0.381 e. The third kappa shape index (κ3) is 1.94. The van der Waals surface area contributed by atoms with Gasteiger partial charge in [-0.25, -0.2) is 0 Å². The summed E-state index contributed by atoms with van der Waals surface area (Å²) in [5, 5.41) is 3.70. The Morgan fingerprint density at radius 3 is 2.75 bits per heavy atom. The molecule has 0 aliphatic carbocycles. The van der Waals surface area contributed by atoms with Crippen LogP contribution in [-0.2, 0) is 0 Å². The molecule has 2 heterocycles. The quantitative estimate of drug-likeness (QED) is 0.817. The van der Waals surface area contributed by atoms with Gasteiger partial charge in [-0.2, -0.15) is 0 Å². The molecule has 16 heavy (non-hydrogen) atoms. The topological polar surface area (TPSA) is 15.3 Å². The number of para-hydroxylation sites is 1. The van der Waals surface area contributed by atoms with Crippen LogP contribution in [0.25, 0.3) is 0 Å². The Balaban J connectivity index is 1.67. The third-order valence-electron chi connectivity index (χ3n) is 3.98. The van der Waals surface area contributed by atoms with Crippen molar-refractivity contribution in [3.05, 3.63) is 30.3 Å². The summed E-state index contributed by atoms with van der Waals surface area (Å²) in [4.78, 5) is 2.67. The standard InChI is InChI=1S/C14H20N2/c1-2-6-12(7-3-1)15-13-9-11-16-10-5-4-8-14(13)16/h1-3,6-7,13-15H,4-5,8-11H2. The Hall–Kier alpha value is -1.02. The molecule has 1 aromatic rings. The van der Waals surface area contributed by atoms with Crippen LogP contribution in [0.15, 0.2) is 30.3 Å². The maximum absolute atomic E-state index is 3.70. The lowest BCUT2D eigenvalue weighted by atomic mass is 9.99. The van der Waals surface area contributed by atoms with E-state index >= 15 is 0 Å². The average molecular weight is 216 g/mol. The Bertz CT molecular complexity index is 336. The third-order valence-corrected chi connectivity index (χ3v) is 3.98. The molecule has 2 atom stereocenters. The number of nitrogens with zero attached hydrogens (tertiary/aromatic N) is 1. The normalized spacial score (nSPS) is 30.0. The van der Waals surface area contributed by atoms with E-state index in [2.05, 4.69) is 40.5 Å². The smallest absolute Gasteiger partial charge is 0.0428 e. The van der Waals surface area contributed by atoms with Gasteiger partial charge in [-0.05, 0) is 37.9 Å². The van der Waals surface area contributed by atoms with Gasteiger partial charge in [0.2, 0.25) is 0 Å². The molecule has 0 spiro atoms. The van der Waals surface area contributed by atoms with E-state index in [1.165, 1.54) is 44.5 Å². The molecule has 1 N–H and O–H groups in total. The zero-order valence-corrected chi connectivity index (χ0v) is 9.73. The van der Waals surface area contributed by atoms with Gasteiger partial charge in [0.1, 0.15) is 0 Å². The van der Waals surface area contributed by atoms with E-state index in [-0.39, 0.29) is 0 Å². The van der Waals surface area contributed by atoms with Gasteiger partial charge in [-0.15, -0.1) is 0 Å². The van der Waals surface area contributed by atoms with Crippen LogP contribution in [0.4, 0.5) is 5.69 Å². The molecular formula is C14H20N2. The van der Waals surface area contributed by atoms with Crippen molar-refractivity contribution in [3.8, 4) is 0 Å². The summed E-state index contributed by atoms with van der Waals surface area (Å²) in [5.74, 6) is 0. The van der Waals surface area contributed by atoms with Gasteiger partial charge in [0, 0.05) is 24.3 Å². The number of hydrogen-bond acceptors (Lipinski definition) is 2. The SMILES string of the molecule is c1ccc(NC2CCN3CCCCC23)cc1. The summed E-state index contributed by atoms with van der Waals surface area (Å²) in [6.07, 6.45) is 5.49. The predicted molar refractivity (Wildman–Crippen MR) is 67.7 cm³/mol. The van der Waals surface area contributed by atoms with E-state index in [4.69, 9.17) is 0 Å². The van der Waals surface area contributed by atoms with Crippen molar-refractivity contribution in [2.75, 3.05) is 18.4 Å². The first kappa shape index (κ1) is 10.2. The Labute approximate surface area is 97.6 Å². The van der Waals surface area contributed by atoms with Gasteiger partial charge in [0.25, 0.3) is 0 Å². The van der Waals surface area contributed by atoms with E-state index in [0.717, 1.165) is 6.04 Å². The van der Waals surface area contributed by atoms with Crippen molar-refractivity contribution in [2.24, 2.45) is 0 Å². The van der Waals surface area contributed by atoms with Crippen LogP contribution in [0.3, 0.4) is 0 Å². The number of rotatable bonds is 2. The zero-order chi connectivity index (χ0) is 10.8. The Kier molecular flexibility index (Phi) is 2.83. The molecule has 2 saturated heterocycles. The molecule has 0 aromatic heterocycles. The molecule has 0 bridgehead atoms. The first-order chi connectivity index (χ1) is 7.93. The summed E-state index contributed by atoms with van der Waals surface area (Å²) in [5.41, 5.74) is 1.28. The fourth-order valence-corrected chi connectivity index (χ4v) is 3.16. The van der Waals surface area contributed by atoms with Crippen molar-refractivity contribution in [3.63, 3.8) is 0 Å². The molecule has 2 heteroatoms. The van der Waals surface area contributed by atoms with Gasteiger partial charge >= 0.3 is 0 Å². The van der Waals surface area contributed by atoms with Crippen LogP contribution < -0.4 is 5.32 Å². The van der Waals surface area contributed by atoms with Crippen LogP contribution in [0.1, 0.15) is 25.7 Å². The molecular weight excluding hydrogens is 196 g/mol. The highest BCUT2D eigenvalue weighted by Gasteiger charge is 2.35. The molecule has 2 fully saturated rings. The zero-order valence-electron chi connectivity index (χ0n) is 9.73. The fraction of sp³-hybridized carbons (Fsp3) is 0.571. The van der Waals surface area contributed by atoms with Crippen molar-refractivity contribution in [2.45, 2.75) is 37.8 Å². The van der Waals surface area contributed by atoms with Crippen LogP contribution in [0.2, 0.25) is 0 Å². The fourth-order valence-electron chi connectivity index (χ4n) is 3.16. The molecule has 0 amide bonds. The Morgan fingerprint density at radius 1 is 1.00 bits per heavy atom. The molecule has 0 radical (unpaired) electrons. The van der Waals surface area contributed by atoms with E-state index in [9.17, 15) is 0 Å². The van der Waals surface area contributed by atoms with Crippen LogP contribution >= 0.6 is 0 Å². The maximum atomic E-state index is 3.70. The summed E-state index contributed by atoms with van der Waals surface area (Å²) < 4.78 is 0. The lowest BCUT2D eigenvalue weighted by molar-refractivity contribution is 0.193. The van der Waals surface area contributed by atoms with Crippen molar-refractivity contribution in [1.82, 2.24) is 4.90 Å². The van der Waals surface area contributed by atoms with E-state index in [1.54, 1.807) is 0 Å². The number of anilines is 1. The molecule has 2 nitrogen and oxygen atoms in total. The van der Waals surface area contributed by atoms with Gasteiger partial charge in [-0.3, -0.25) is 4.90 Å². The van der Waals surface area contributed by atoms with E-state index in [0.29, 0.717) is 6.04 Å². The minimum absolute atomic E-state index is 0.669. The molecule has 2 aliphatic heterocycles. The molecule has 1 aromatic carbocycles. The second kappa shape index (κ2) is 4.46. The highest BCUT2D eigenvalue weighted by Crippen LogP contribution is 2.29. The number of hydrogen-bond donors (Lipinski definition) is 1. The van der Waals surface area contributed by atoms with Crippen molar-refractivity contribution < 1.29 is 0 Å². The van der Waals surface area contributed by atoms with Gasteiger partial charge in [0.15, 0.2) is 0 Å². The van der Waals surface area contributed by atoms with Gasteiger partial charge in [-0.1, -0.05) is 24.6 Å². The lowest BCUT2D eigenvalue weighted by Crippen LogP contribution is -2.41. The van der Waals surface area contributed by atoms with Crippen LogP contribution in [-0.4, -0.2) is 30.1 Å². The van der Waals surface area contributed by atoms with Gasteiger partial charge < -0.3 is 5.32 Å². The Morgan fingerprint density at radius 2 is 1.88 bits per heavy atom. The minimum Gasteiger partial charge on any atom is -0.381 e. The van der Waals surface area contributed by atoms with E-state index < -0.39 is 0 Å². The highest BCUT2D eigenvalue weighted by atomic mass is 15.2. The molecule has 2 unspecified atom stereocenters. The summed E-state index contributed by atoms with van der Waals surface area (Å²) in [7, 11) is 0. The molecule has 2 aliphatic rings. The predicted octanol–water partition coefficient (Wildman–Crippen LogP) is 2.73. The van der Waals surface area contributed by atoms with Crippen LogP contribution in [0, 0.1) is 0 Å². The second-order valence-corrected chi connectivity index (χ2v) is 5.00. The van der Waals surface area contributed by atoms with Crippen molar-refractivity contribution >= 4 is 5.69 Å². The number of benzene rings is 1. The maximum Gasteiger partial charge on any atom is 0.0428 e. The number of fused-ring (bicyclic) bond motifs is 1. The number of nitrogens with one attached hydrogen (secondary N) is 1. The summed E-state index contributed by atoms with van der Waals surface area (Å²) in [6, 6.07) is 12.1. The lowest BCUT2D eigenvalue weighted by Gasteiger charge is -2.32. The van der Waals surface area contributed by atoms with Crippen molar-refractivity contribution in [1.29, 1.82) is 0 Å². The average Bonchev–Trinajstić information content (AvgIpc) is 2.74. The minimum atomic E-state index is 0.669. The second-order valence-electron chi connectivity index (χ2n) is 5.00. The molecule has 86 valence electrons. The van der Waals surface area contributed by atoms with Crippen LogP contribution in [0.5, 0.6) is 0 Å². The van der Waals surface area contributed by atoms with Gasteiger partial charge in [0.05, 0.1) is 0 Å².